The zero-order valence-corrected chi connectivity index (χ0v) is 13.7. The highest BCUT2D eigenvalue weighted by Crippen LogP contribution is 2.33. The summed E-state index contributed by atoms with van der Waals surface area (Å²) in [4.78, 5) is 48.0. The van der Waals surface area contributed by atoms with Gasteiger partial charge in [-0.25, -0.2) is 4.79 Å². The third kappa shape index (κ3) is 4.44. The van der Waals surface area contributed by atoms with E-state index in [1.165, 1.54) is 12.0 Å². The predicted octanol–water partition coefficient (Wildman–Crippen LogP) is -1.88. The Morgan fingerprint density at radius 1 is 1.42 bits per heavy atom. The largest absolute Gasteiger partial charge is 0.468 e. The molecule has 0 radical (unpaired) electrons. The molecule has 1 heterocycles. The number of nitrogens with zero attached hydrogens (tertiary/aromatic N) is 1. The molecule has 2 unspecified atom stereocenters. The molecular weight excluding hydrogens is 316 g/mol. The van der Waals surface area contributed by atoms with E-state index in [0.29, 0.717) is 31.7 Å². The van der Waals surface area contributed by atoms with Gasteiger partial charge in [-0.3, -0.25) is 14.4 Å². The summed E-state index contributed by atoms with van der Waals surface area (Å²) in [6.07, 6.45) is 3.51. The lowest BCUT2D eigenvalue weighted by atomic mass is 10.0. The molecule has 3 amide bonds. The summed E-state index contributed by atoms with van der Waals surface area (Å²) >= 11 is 0. The minimum Gasteiger partial charge on any atom is -0.468 e. The number of esters is 1. The second kappa shape index (κ2) is 7.61. The van der Waals surface area contributed by atoms with Gasteiger partial charge in [-0.2, -0.15) is 0 Å². The van der Waals surface area contributed by atoms with Crippen LogP contribution in [-0.4, -0.2) is 67.4 Å². The van der Waals surface area contributed by atoms with Gasteiger partial charge in [0.15, 0.2) is 0 Å². The van der Waals surface area contributed by atoms with Crippen molar-refractivity contribution in [2.75, 3.05) is 26.7 Å². The van der Waals surface area contributed by atoms with Crippen molar-refractivity contribution in [2.45, 2.75) is 37.3 Å². The maximum atomic E-state index is 12.2. The van der Waals surface area contributed by atoms with Crippen molar-refractivity contribution in [2.24, 2.45) is 11.7 Å². The number of nitrogens with one attached hydrogen (secondary N) is 2. The molecule has 2 atom stereocenters. The molecule has 2 rings (SSSR count). The van der Waals surface area contributed by atoms with Crippen molar-refractivity contribution < 1.29 is 23.9 Å². The Balaban J connectivity index is 1.80. The van der Waals surface area contributed by atoms with Crippen LogP contribution in [0.3, 0.4) is 0 Å². The van der Waals surface area contributed by atoms with Crippen molar-refractivity contribution in [1.82, 2.24) is 15.5 Å². The molecule has 24 heavy (non-hydrogen) atoms. The summed E-state index contributed by atoms with van der Waals surface area (Å²) in [6.45, 7) is 0.197. The summed E-state index contributed by atoms with van der Waals surface area (Å²) < 4.78 is 4.65. The van der Waals surface area contributed by atoms with Crippen LogP contribution in [0.25, 0.3) is 0 Å². The van der Waals surface area contributed by atoms with E-state index in [1.807, 2.05) is 0 Å². The highest BCUT2D eigenvalue weighted by molar-refractivity contribution is 5.89. The van der Waals surface area contributed by atoms with Gasteiger partial charge in [0.05, 0.1) is 13.7 Å². The Hall–Kier alpha value is -2.16. The fourth-order valence-corrected chi connectivity index (χ4v) is 2.83. The Bertz CT molecular complexity index is 522. The summed E-state index contributed by atoms with van der Waals surface area (Å²) in [6, 6.07) is -0.620. The van der Waals surface area contributed by atoms with Crippen LogP contribution >= 0.6 is 0 Å². The number of hydrogen-bond acceptors (Lipinski definition) is 6. The molecule has 1 aliphatic carbocycles. The molecule has 0 aromatic heterocycles. The summed E-state index contributed by atoms with van der Waals surface area (Å²) in [5.41, 5.74) is 4.75. The van der Waals surface area contributed by atoms with Gasteiger partial charge in [-0.1, -0.05) is 12.8 Å². The number of nitrogens with two attached hydrogens (primary N) is 1. The van der Waals surface area contributed by atoms with Crippen molar-refractivity contribution in [3.8, 4) is 0 Å². The molecule has 0 spiro atoms. The highest BCUT2D eigenvalue weighted by Gasteiger charge is 2.43. The standard InChI is InChI=1S/C15H24N4O5/c1-24-14(23)15(16)4-5-19(8-15)12(21)7-17-13(22)11(18-9-20)6-10-2-3-10/h9-11H,2-8,16H2,1H3,(H,17,22)(H,18,20). The molecular formula is C15H24N4O5. The highest BCUT2D eigenvalue weighted by atomic mass is 16.5. The molecule has 9 heteroatoms. The van der Waals surface area contributed by atoms with Crippen molar-refractivity contribution in [3.05, 3.63) is 0 Å². The maximum absolute atomic E-state index is 12.2. The van der Waals surface area contributed by atoms with E-state index in [2.05, 4.69) is 15.4 Å². The van der Waals surface area contributed by atoms with Gasteiger partial charge in [0.2, 0.25) is 18.2 Å². The normalized spacial score (nSPS) is 24.2. The lowest BCUT2D eigenvalue weighted by molar-refractivity contribution is -0.146. The average Bonchev–Trinajstić information content (AvgIpc) is 3.30. The average molecular weight is 340 g/mol. The van der Waals surface area contributed by atoms with Gasteiger partial charge in [-0.05, 0) is 18.8 Å². The number of ether oxygens (including phenoxy) is 1. The second-order valence-electron chi connectivity index (χ2n) is 6.45. The summed E-state index contributed by atoms with van der Waals surface area (Å²) in [5, 5.41) is 5.02. The number of likely N-dealkylation sites (tertiary alicyclic amines) is 1. The van der Waals surface area contributed by atoms with E-state index in [1.54, 1.807) is 0 Å². The Morgan fingerprint density at radius 3 is 2.71 bits per heavy atom. The first kappa shape index (κ1) is 18.2. The summed E-state index contributed by atoms with van der Waals surface area (Å²) in [7, 11) is 1.25. The zero-order valence-electron chi connectivity index (χ0n) is 13.7. The molecule has 9 nitrogen and oxygen atoms in total. The van der Waals surface area contributed by atoms with Crippen LogP contribution < -0.4 is 16.4 Å². The third-order valence-corrected chi connectivity index (χ3v) is 4.51. The number of hydrogen-bond donors (Lipinski definition) is 3. The van der Waals surface area contributed by atoms with Gasteiger partial charge in [0, 0.05) is 13.1 Å². The van der Waals surface area contributed by atoms with Gasteiger partial charge >= 0.3 is 5.97 Å². The van der Waals surface area contributed by atoms with Crippen molar-refractivity contribution in [1.29, 1.82) is 0 Å². The van der Waals surface area contributed by atoms with Gasteiger partial charge < -0.3 is 26.0 Å². The van der Waals surface area contributed by atoms with E-state index < -0.39 is 17.6 Å². The van der Waals surface area contributed by atoms with Crippen LogP contribution in [0.1, 0.15) is 25.7 Å². The van der Waals surface area contributed by atoms with Crippen LogP contribution in [0.2, 0.25) is 0 Å². The maximum Gasteiger partial charge on any atom is 0.327 e. The molecule has 0 aromatic rings. The Morgan fingerprint density at radius 2 is 2.12 bits per heavy atom. The molecule has 1 saturated heterocycles. The molecule has 0 aromatic carbocycles. The number of carbonyl (C=O) groups is 4. The first-order chi connectivity index (χ1) is 11.4. The van der Waals surface area contributed by atoms with E-state index in [9.17, 15) is 19.2 Å². The van der Waals surface area contributed by atoms with E-state index >= 15 is 0 Å². The van der Waals surface area contributed by atoms with Crippen molar-refractivity contribution in [3.63, 3.8) is 0 Å². The van der Waals surface area contributed by atoms with E-state index in [4.69, 9.17) is 5.73 Å². The molecule has 2 aliphatic rings. The quantitative estimate of drug-likeness (QED) is 0.350. The first-order valence-electron chi connectivity index (χ1n) is 8.02. The minimum atomic E-state index is -1.19. The van der Waals surface area contributed by atoms with Gasteiger partial charge in [0.1, 0.15) is 11.6 Å². The zero-order chi connectivity index (χ0) is 17.7. The van der Waals surface area contributed by atoms with Crippen LogP contribution in [0, 0.1) is 5.92 Å². The van der Waals surface area contributed by atoms with Gasteiger partial charge in [0.25, 0.3) is 0 Å². The summed E-state index contributed by atoms with van der Waals surface area (Å²) in [5.74, 6) is -0.800. The molecule has 1 saturated carbocycles. The fraction of sp³-hybridized carbons (Fsp3) is 0.733. The third-order valence-electron chi connectivity index (χ3n) is 4.51. The first-order valence-corrected chi connectivity index (χ1v) is 8.02. The fourth-order valence-electron chi connectivity index (χ4n) is 2.83. The van der Waals surface area contributed by atoms with E-state index in [0.717, 1.165) is 12.8 Å². The molecule has 0 bridgehead atoms. The van der Waals surface area contributed by atoms with Crippen LogP contribution in [-0.2, 0) is 23.9 Å². The second-order valence-corrected chi connectivity index (χ2v) is 6.45. The number of rotatable bonds is 8. The predicted molar refractivity (Wildman–Crippen MR) is 83.5 cm³/mol. The molecule has 4 N–H and O–H groups in total. The SMILES string of the molecule is COC(=O)C1(N)CCN(C(=O)CNC(=O)C(CC2CC2)NC=O)C1. The molecule has 134 valence electrons. The number of amides is 3. The van der Waals surface area contributed by atoms with Crippen LogP contribution in [0.4, 0.5) is 0 Å². The van der Waals surface area contributed by atoms with Crippen LogP contribution in [0.5, 0.6) is 0 Å². The van der Waals surface area contributed by atoms with Gasteiger partial charge in [-0.15, -0.1) is 0 Å². The Kier molecular flexibility index (Phi) is 5.76. The Labute approximate surface area is 140 Å². The molecule has 1 aliphatic heterocycles. The molecule has 2 fully saturated rings. The lowest BCUT2D eigenvalue weighted by Crippen LogP contribution is -2.52. The number of methoxy groups -OCH3 is 1. The lowest BCUT2D eigenvalue weighted by Gasteiger charge is -2.22. The van der Waals surface area contributed by atoms with E-state index in [-0.39, 0.29) is 24.9 Å². The number of carbonyl (C=O) groups excluding carboxylic acids is 4. The monoisotopic (exact) mass is 340 g/mol. The topological polar surface area (TPSA) is 131 Å². The smallest absolute Gasteiger partial charge is 0.327 e. The minimum absolute atomic E-state index is 0.0620. The van der Waals surface area contributed by atoms with Crippen LogP contribution in [0.15, 0.2) is 0 Å². The van der Waals surface area contributed by atoms with Crippen molar-refractivity contribution >= 4 is 24.2 Å².